The van der Waals surface area contributed by atoms with E-state index in [0.717, 1.165) is 17.3 Å². The van der Waals surface area contributed by atoms with Crippen LogP contribution in [0.1, 0.15) is 23.2 Å². The highest BCUT2D eigenvalue weighted by Crippen LogP contribution is 2.19. The molecule has 1 saturated heterocycles. The van der Waals surface area contributed by atoms with Gasteiger partial charge in [-0.15, -0.1) is 0 Å². The molecule has 0 spiro atoms. The van der Waals surface area contributed by atoms with Gasteiger partial charge in [0.2, 0.25) is 0 Å². The number of carbonyl (C=O) groups excluding carboxylic acids is 1. The summed E-state index contributed by atoms with van der Waals surface area (Å²) in [5, 5.41) is 1.45. The van der Waals surface area contributed by atoms with Crippen LogP contribution in [0, 0.1) is 0 Å². The lowest BCUT2D eigenvalue weighted by Gasteiger charge is -2.26. The molecule has 0 radical (unpaired) electrons. The first-order valence-electron chi connectivity index (χ1n) is 4.98. The molecule has 1 heterocycles. The van der Waals surface area contributed by atoms with Gasteiger partial charge in [0, 0.05) is 11.0 Å². The number of hydrogen-bond donors (Lipinski definition) is 0. The van der Waals surface area contributed by atoms with E-state index in [4.69, 9.17) is 4.84 Å². The average molecular weight is 270 g/mol. The van der Waals surface area contributed by atoms with Crippen molar-refractivity contribution in [2.45, 2.75) is 12.8 Å². The predicted octanol–water partition coefficient (Wildman–Crippen LogP) is 2.62. The number of hydroxylamine groups is 2. The smallest absolute Gasteiger partial charge is 0.271 e. The van der Waals surface area contributed by atoms with Crippen LogP contribution < -0.4 is 0 Å². The minimum Gasteiger partial charge on any atom is -0.271 e. The Bertz CT molecular complexity index is 361. The maximum Gasteiger partial charge on any atom is 0.278 e. The monoisotopic (exact) mass is 269 g/mol. The Hall–Kier alpha value is -0.870. The van der Waals surface area contributed by atoms with Gasteiger partial charge in [0.25, 0.3) is 5.91 Å². The van der Waals surface area contributed by atoms with E-state index in [2.05, 4.69) is 15.9 Å². The Morgan fingerprint density at radius 1 is 1.33 bits per heavy atom. The molecule has 3 nitrogen and oxygen atoms in total. The second-order valence-electron chi connectivity index (χ2n) is 3.43. The van der Waals surface area contributed by atoms with E-state index in [1.54, 1.807) is 6.07 Å². The van der Waals surface area contributed by atoms with Gasteiger partial charge in [-0.3, -0.25) is 9.63 Å². The summed E-state index contributed by atoms with van der Waals surface area (Å²) < 4.78 is 0.809. The zero-order chi connectivity index (χ0) is 10.7. The summed E-state index contributed by atoms with van der Waals surface area (Å²) in [6.45, 7) is 1.32. The van der Waals surface area contributed by atoms with Crippen LogP contribution >= 0.6 is 15.9 Å². The number of halogens is 1. The quantitative estimate of drug-likeness (QED) is 0.785. The van der Waals surface area contributed by atoms with Crippen molar-refractivity contribution < 1.29 is 9.63 Å². The van der Waals surface area contributed by atoms with Crippen molar-refractivity contribution in [3.63, 3.8) is 0 Å². The number of carbonyl (C=O) groups is 1. The summed E-state index contributed by atoms with van der Waals surface area (Å²) in [4.78, 5) is 17.3. The Labute approximate surface area is 97.1 Å². The van der Waals surface area contributed by atoms with Crippen molar-refractivity contribution in [3.05, 3.63) is 34.3 Å². The molecule has 0 unspecified atom stereocenters. The maximum absolute atomic E-state index is 12.0. The zero-order valence-electron chi connectivity index (χ0n) is 8.28. The molecule has 2 rings (SSSR count). The second-order valence-corrected chi connectivity index (χ2v) is 4.28. The maximum atomic E-state index is 12.0. The lowest BCUT2D eigenvalue weighted by Crippen LogP contribution is -2.35. The highest BCUT2D eigenvalue weighted by Gasteiger charge is 2.20. The van der Waals surface area contributed by atoms with Crippen molar-refractivity contribution in [1.29, 1.82) is 0 Å². The van der Waals surface area contributed by atoms with Gasteiger partial charge in [0.05, 0.1) is 12.2 Å². The van der Waals surface area contributed by atoms with E-state index in [1.807, 2.05) is 18.2 Å². The van der Waals surface area contributed by atoms with Crippen LogP contribution in [-0.4, -0.2) is 24.1 Å². The Morgan fingerprint density at radius 2 is 2.13 bits per heavy atom. The molecule has 4 heteroatoms. The molecule has 80 valence electrons. The molecule has 1 aromatic carbocycles. The van der Waals surface area contributed by atoms with E-state index in [1.165, 1.54) is 5.06 Å². The molecule has 0 aromatic heterocycles. The number of rotatable bonds is 1. The fraction of sp³-hybridized carbons (Fsp3) is 0.364. The third kappa shape index (κ3) is 2.38. The van der Waals surface area contributed by atoms with Crippen LogP contribution in [0.5, 0.6) is 0 Å². The summed E-state index contributed by atoms with van der Waals surface area (Å²) in [6.07, 6.45) is 2.04. The first-order valence-corrected chi connectivity index (χ1v) is 5.77. The predicted molar refractivity (Wildman–Crippen MR) is 60.4 cm³/mol. The van der Waals surface area contributed by atoms with Crippen LogP contribution in [0.2, 0.25) is 0 Å². The summed E-state index contributed by atoms with van der Waals surface area (Å²) in [7, 11) is 0. The standard InChI is InChI=1S/C11H12BrNO2/c12-10-6-2-1-5-9(10)11(14)13-7-3-4-8-15-13/h1-2,5-6H,3-4,7-8H2. The molecule has 1 amide bonds. The molecule has 1 aliphatic rings. The highest BCUT2D eigenvalue weighted by atomic mass is 79.9. The first-order chi connectivity index (χ1) is 7.29. The Kier molecular flexibility index (Phi) is 3.38. The van der Waals surface area contributed by atoms with Gasteiger partial charge in [-0.05, 0) is 40.9 Å². The second kappa shape index (κ2) is 4.77. The van der Waals surface area contributed by atoms with Crippen molar-refractivity contribution >= 4 is 21.8 Å². The Morgan fingerprint density at radius 3 is 2.80 bits per heavy atom. The molecule has 1 aliphatic heterocycles. The van der Waals surface area contributed by atoms with Gasteiger partial charge < -0.3 is 0 Å². The van der Waals surface area contributed by atoms with Gasteiger partial charge in [0.15, 0.2) is 0 Å². The van der Waals surface area contributed by atoms with Crippen molar-refractivity contribution in [2.24, 2.45) is 0 Å². The lowest BCUT2D eigenvalue weighted by atomic mass is 10.2. The Balaban J connectivity index is 2.16. The molecule has 15 heavy (non-hydrogen) atoms. The third-order valence-corrected chi connectivity index (χ3v) is 3.02. The summed E-state index contributed by atoms with van der Waals surface area (Å²) in [5.41, 5.74) is 0.652. The number of amides is 1. The molecule has 1 fully saturated rings. The molecular weight excluding hydrogens is 258 g/mol. The van der Waals surface area contributed by atoms with E-state index in [-0.39, 0.29) is 5.91 Å². The largest absolute Gasteiger partial charge is 0.278 e. The van der Waals surface area contributed by atoms with Crippen molar-refractivity contribution in [2.75, 3.05) is 13.2 Å². The number of hydrogen-bond acceptors (Lipinski definition) is 2. The molecular formula is C11H12BrNO2. The van der Waals surface area contributed by atoms with E-state index in [9.17, 15) is 4.79 Å². The number of nitrogens with zero attached hydrogens (tertiary/aromatic N) is 1. The molecule has 0 saturated carbocycles. The lowest BCUT2D eigenvalue weighted by molar-refractivity contribution is -0.144. The van der Waals surface area contributed by atoms with E-state index >= 15 is 0 Å². The zero-order valence-corrected chi connectivity index (χ0v) is 9.87. The van der Waals surface area contributed by atoms with Gasteiger partial charge in [-0.25, -0.2) is 5.06 Å². The van der Waals surface area contributed by atoms with E-state index in [0.29, 0.717) is 18.7 Å². The van der Waals surface area contributed by atoms with E-state index < -0.39 is 0 Å². The fourth-order valence-electron chi connectivity index (χ4n) is 1.53. The summed E-state index contributed by atoms with van der Waals surface area (Å²) in [6, 6.07) is 7.39. The molecule has 0 bridgehead atoms. The summed E-state index contributed by atoms with van der Waals surface area (Å²) >= 11 is 3.36. The van der Waals surface area contributed by atoms with Gasteiger partial charge in [0.1, 0.15) is 0 Å². The molecule has 0 N–H and O–H groups in total. The topological polar surface area (TPSA) is 29.5 Å². The van der Waals surface area contributed by atoms with Gasteiger partial charge in [-0.1, -0.05) is 12.1 Å². The SMILES string of the molecule is O=C(c1ccccc1Br)N1CCCCO1. The average Bonchev–Trinajstić information content (AvgIpc) is 2.30. The molecule has 0 atom stereocenters. The van der Waals surface area contributed by atoms with Crippen molar-refractivity contribution in [1.82, 2.24) is 5.06 Å². The first kappa shape index (κ1) is 10.6. The normalized spacial score (nSPS) is 16.5. The number of benzene rings is 1. The molecule has 0 aliphatic carbocycles. The van der Waals surface area contributed by atoms with Crippen LogP contribution in [0.15, 0.2) is 28.7 Å². The summed E-state index contributed by atoms with van der Waals surface area (Å²) in [5.74, 6) is -0.0674. The molecule has 1 aromatic rings. The van der Waals surface area contributed by atoms with Crippen LogP contribution in [0.25, 0.3) is 0 Å². The minimum absolute atomic E-state index is 0.0674. The van der Waals surface area contributed by atoms with Gasteiger partial charge >= 0.3 is 0 Å². The van der Waals surface area contributed by atoms with Crippen LogP contribution in [-0.2, 0) is 4.84 Å². The van der Waals surface area contributed by atoms with Crippen LogP contribution in [0.3, 0.4) is 0 Å². The third-order valence-electron chi connectivity index (χ3n) is 2.33. The van der Waals surface area contributed by atoms with Crippen LogP contribution in [0.4, 0.5) is 0 Å². The van der Waals surface area contributed by atoms with Gasteiger partial charge in [-0.2, -0.15) is 0 Å². The van der Waals surface area contributed by atoms with Crippen molar-refractivity contribution in [3.8, 4) is 0 Å². The highest BCUT2D eigenvalue weighted by molar-refractivity contribution is 9.10. The fourth-order valence-corrected chi connectivity index (χ4v) is 1.98. The minimum atomic E-state index is -0.0674.